The van der Waals surface area contributed by atoms with Gasteiger partial charge in [0, 0.05) is 37.5 Å². The average molecular weight is 664 g/mol. The Morgan fingerprint density at radius 2 is 1.85 bits per heavy atom. The molecule has 0 aromatic heterocycles. The first-order valence-electron chi connectivity index (χ1n) is 16.7. The van der Waals surface area contributed by atoms with Crippen LogP contribution in [0, 0.1) is 11.7 Å². The van der Waals surface area contributed by atoms with Crippen LogP contribution in [0.3, 0.4) is 0 Å². The average Bonchev–Trinajstić information content (AvgIpc) is 3.34. The molecule has 2 saturated heterocycles. The summed E-state index contributed by atoms with van der Waals surface area (Å²) in [5, 5.41) is 15.8. The number of anilines is 2. The number of fused-ring (bicyclic) bond motifs is 3. The van der Waals surface area contributed by atoms with Crippen LogP contribution < -0.4 is 26.4 Å². The molecule has 5 aliphatic rings. The quantitative estimate of drug-likeness (QED) is 0.318. The van der Waals surface area contributed by atoms with Gasteiger partial charge in [0.05, 0.1) is 13.1 Å². The number of carbonyl (C=O) groups is 4. The van der Waals surface area contributed by atoms with Crippen molar-refractivity contribution in [2.24, 2.45) is 5.92 Å². The van der Waals surface area contributed by atoms with Crippen molar-refractivity contribution in [3.8, 4) is 0 Å². The zero-order valence-electron chi connectivity index (χ0n) is 26.4. The molecule has 2 aromatic carbocycles. The van der Waals surface area contributed by atoms with Gasteiger partial charge in [0.1, 0.15) is 40.9 Å². The standard InChI is InChI=1S/C34H38FN5O8/c35-23-10-6-8-19-16-39(18-22(19)23)33(47)48-21-14-25-30(43)37-34(32(45)46)15-20(34)9-4-2-1-3-5-11-24(31(44)40(25)17-21)36-26-27(29(42)28(26)41)38-12-7-13-38/h4,6,8-10,20-21,24-25,36H,1-3,5,7,11-18H2,(H,37,43)(H,45,46)/b9-4-/t20-,21?,24+,25+,34-/m1/s1. The second-order valence-corrected chi connectivity index (χ2v) is 13.5. The predicted molar refractivity (Wildman–Crippen MR) is 170 cm³/mol. The zero-order valence-corrected chi connectivity index (χ0v) is 26.4. The van der Waals surface area contributed by atoms with Crippen LogP contribution >= 0.6 is 0 Å². The molecule has 3 amide bonds. The molecule has 254 valence electrons. The number of amides is 3. The molecule has 4 aliphatic heterocycles. The number of carbonyl (C=O) groups excluding carboxylic acids is 3. The third-order valence-corrected chi connectivity index (χ3v) is 10.4. The zero-order chi connectivity index (χ0) is 33.7. The molecule has 5 atom stereocenters. The van der Waals surface area contributed by atoms with Crippen molar-refractivity contribution in [3.05, 3.63) is 67.7 Å². The van der Waals surface area contributed by atoms with Crippen molar-refractivity contribution in [1.29, 1.82) is 0 Å². The van der Waals surface area contributed by atoms with Crippen LogP contribution in [0.15, 0.2) is 39.9 Å². The summed E-state index contributed by atoms with van der Waals surface area (Å²) in [4.78, 5) is 83.4. The molecular formula is C34H38FN5O8. The van der Waals surface area contributed by atoms with Crippen molar-refractivity contribution in [2.45, 2.75) is 88.2 Å². The van der Waals surface area contributed by atoms with Gasteiger partial charge in [-0.3, -0.25) is 24.1 Å². The van der Waals surface area contributed by atoms with Gasteiger partial charge in [-0.1, -0.05) is 37.1 Å². The van der Waals surface area contributed by atoms with E-state index in [9.17, 15) is 38.3 Å². The Hall–Kier alpha value is -4.75. The van der Waals surface area contributed by atoms with E-state index in [-0.39, 0.29) is 43.9 Å². The number of benzene rings is 1. The number of rotatable bonds is 5. The van der Waals surface area contributed by atoms with Crippen molar-refractivity contribution in [3.63, 3.8) is 0 Å². The maximum Gasteiger partial charge on any atom is 0.410 e. The summed E-state index contributed by atoms with van der Waals surface area (Å²) >= 11 is 0. The van der Waals surface area contributed by atoms with Crippen LogP contribution in [0.4, 0.5) is 20.6 Å². The van der Waals surface area contributed by atoms with Crippen molar-refractivity contribution in [1.82, 2.24) is 15.1 Å². The predicted octanol–water partition coefficient (Wildman–Crippen LogP) is 2.01. The fourth-order valence-electron chi connectivity index (χ4n) is 7.40. The highest BCUT2D eigenvalue weighted by molar-refractivity contribution is 5.96. The van der Waals surface area contributed by atoms with Gasteiger partial charge in [0.2, 0.25) is 11.8 Å². The molecule has 0 radical (unpaired) electrons. The highest BCUT2D eigenvalue weighted by atomic mass is 19.1. The highest BCUT2D eigenvalue weighted by Gasteiger charge is 2.61. The van der Waals surface area contributed by atoms with Gasteiger partial charge in [-0.15, -0.1) is 0 Å². The van der Waals surface area contributed by atoms with Crippen LogP contribution in [0.25, 0.3) is 0 Å². The van der Waals surface area contributed by atoms with E-state index < -0.39 is 70.2 Å². The maximum absolute atomic E-state index is 14.3. The van der Waals surface area contributed by atoms with Crippen molar-refractivity contribution in [2.75, 3.05) is 29.9 Å². The Bertz CT molecular complexity index is 1770. The van der Waals surface area contributed by atoms with Crippen LogP contribution in [0.5, 0.6) is 0 Å². The normalized spacial score (nSPS) is 29.5. The molecule has 48 heavy (non-hydrogen) atoms. The van der Waals surface area contributed by atoms with Crippen molar-refractivity contribution >= 4 is 35.3 Å². The number of hydrogen-bond acceptors (Lipinski definition) is 9. The lowest BCUT2D eigenvalue weighted by atomic mass is 10.0. The van der Waals surface area contributed by atoms with E-state index in [0.717, 1.165) is 19.3 Å². The minimum absolute atomic E-state index is 0.0172. The van der Waals surface area contributed by atoms with Crippen LogP contribution in [-0.2, 0) is 32.2 Å². The molecule has 1 aliphatic carbocycles. The largest absolute Gasteiger partial charge is 0.479 e. The molecule has 3 N–H and O–H groups in total. The molecule has 14 heteroatoms. The van der Waals surface area contributed by atoms with Crippen LogP contribution in [0.2, 0.25) is 0 Å². The van der Waals surface area contributed by atoms with Gasteiger partial charge in [0.25, 0.3) is 10.9 Å². The van der Waals surface area contributed by atoms with Gasteiger partial charge in [-0.25, -0.2) is 14.0 Å². The van der Waals surface area contributed by atoms with Crippen molar-refractivity contribution < 1.29 is 33.4 Å². The smallest absolute Gasteiger partial charge is 0.410 e. The van der Waals surface area contributed by atoms with E-state index in [1.807, 2.05) is 12.2 Å². The number of nitrogens with zero attached hydrogens (tertiary/aromatic N) is 3. The van der Waals surface area contributed by atoms with Gasteiger partial charge in [-0.05, 0) is 43.7 Å². The van der Waals surface area contributed by atoms with E-state index >= 15 is 0 Å². The number of hydrogen-bond donors (Lipinski definition) is 3. The summed E-state index contributed by atoms with van der Waals surface area (Å²) in [5.74, 6) is -3.19. The summed E-state index contributed by atoms with van der Waals surface area (Å²) in [5.41, 5.74) is -1.37. The summed E-state index contributed by atoms with van der Waals surface area (Å²) in [6.07, 6.45) is 6.31. The number of carboxylic acids is 1. The van der Waals surface area contributed by atoms with Crippen LogP contribution in [0.1, 0.15) is 62.5 Å². The molecule has 0 spiro atoms. The number of ether oxygens (including phenoxy) is 1. The molecule has 4 heterocycles. The minimum Gasteiger partial charge on any atom is -0.479 e. The molecule has 1 unspecified atom stereocenters. The van der Waals surface area contributed by atoms with E-state index in [0.29, 0.717) is 43.5 Å². The molecule has 0 bridgehead atoms. The minimum atomic E-state index is -1.50. The summed E-state index contributed by atoms with van der Waals surface area (Å²) in [6, 6.07) is 2.50. The molecule has 2 aromatic rings. The molecule has 1 saturated carbocycles. The summed E-state index contributed by atoms with van der Waals surface area (Å²) in [6.45, 7) is 1.28. The summed E-state index contributed by atoms with van der Waals surface area (Å²) < 4.78 is 20.1. The number of allylic oxidation sites excluding steroid dienone is 1. The van der Waals surface area contributed by atoms with Gasteiger partial charge in [0.15, 0.2) is 0 Å². The van der Waals surface area contributed by atoms with Gasteiger partial charge in [-0.2, -0.15) is 0 Å². The second-order valence-electron chi connectivity index (χ2n) is 13.5. The SMILES string of the molecule is O=C1N[C@]2(C(=O)O)C[C@H]2/C=C\CCCCC[C@H](Nc2c(N3CCC3)c(=O)c2=O)C(=O)N2CC(OC(=O)N3Cc4cccc(F)c4C3)C[C@@H]12. The molecule has 13 nitrogen and oxygen atoms in total. The van der Waals surface area contributed by atoms with Gasteiger partial charge < -0.3 is 30.3 Å². The fraction of sp³-hybridized carbons (Fsp3) is 0.529. The van der Waals surface area contributed by atoms with E-state index in [1.54, 1.807) is 17.0 Å². The number of aliphatic carboxylic acids is 1. The number of halogens is 1. The first kappa shape index (κ1) is 31.8. The van der Waals surface area contributed by atoms with Gasteiger partial charge >= 0.3 is 12.1 Å². The third kappa shape index (κ3) is 5.60. The Morgan fingerprint density at radius 3 is 2.58 bits per heavy atom. The first-order valence-corrected chi connectivity index (χ1v) is 16.7. The fourth-order valence-corrected chi connectivity index (χ4v) is 7.40. The maximum atomic E-state index is 14.3. The third-order valence-electron chi connectivity index (χ3n) is 10.4. The number of carboxylic acid groups (broad SMARTS) is 1. The highest BCUT2D eigenvalue weighted by Crippen LogP contribution is 2.45. The Morgan fingerprint density at radius 1 is 1.04 bits per heavy atom. The lowest BCUT2D eigenvalue weighted by molar-refractivity contribution is -0.145. The Kier molecular flexibility index (Phi) is 8.20. The lowest BCUT2D eigenvalue weighted by Crippen LogP contribution is -2.55. The van der Waals surface area contributed by atoms with E-state index in [2.05, 4.69) is 10.6 Å². The van der Waals surface area contributed by atoms with E-state index in [1.165, 1.54) is 15.9 Å². The Labute approximate surface area is 275 Å². The molecular weight excluding hydrogens is 625 g/mol. The summed E-state index contributed by atoms with van der Waals surface area (Å²) in [7, 11) is 0. The first-order chi connectivity index (χ1) is 23.1. The number of nitrogens with one attached hydrogen (secondary N) is 2. The lowest BCUT2D eigenvalue weighted by Gasteiger charge is -2.36. The second kappa shape index (κ2) is 12.4. The van der Waals surface area contributed by atoms with E-state index in [4.69, 9.17) is 4.74 Å². The monoisotopic (exact) mass is 663 g/mol. The molecule has 3 fully saturated rings. The molecule has 7 rings (SSSR count). The van der Waals surface area contributed by atoms with Crippen LogP contribution in [-0.4, -0.2) is 82.1 Å². The Balaban J connectivity index is 1.15. The topological polar surface area (TPSA) is 166 Å².